The molecule has 0 N–H and O–H groups in total. The normalized spacial score (nSPS) is 2.00. The maximum absolute atomic E-state index is 2.00. The molecule has 0 aliphatic heterocycles. The third-order valence-corrected chi connectivity index (χ3v) is 0. The van der Waals surface area contributed by atoms with Crippen LogP contribution in [0.4, 0.5) is 0 Å². The molecule has 0 aliphatic carbocycles. The van der Waals surface area contributed by atoms with Crippen LogP contribution >= 0.6 is 0 Å². The van der Waals surface area contributed by atoms with Gasteiger partial charge in [0.25, 0.3) is 0 Å². The van der Waals surface area contributed by atoms with Crippen LogP contribution in [0.1, 0.15) is 0 Å². The van der Waals surface area contributed by atoms with E-state index in [0.29, 0.717) is 0 Å². The van der Waals surface area contributed by atoms with Crippen molar-refractivity contribution in [3.8, 4) is 0 Å². The minimum atomic E-state index is 0. The topological polar surface area (TPSA) is 0 Å². The van der Waals surface area contributed by atoms with Crippen LogP contribution in [-0.4, -0.2) is 76.9 Å². The van der Waals surface area contributed by atoms with Gasteiger partial charge in [0.15, 0.2) is 0 Å². The standard InChI is InChI=1S/3Li.Tl. The zero-order chi connectivity index (χ0) is 2.00. The molecule has 0 aromatic carbocycles. The van der Waals surface area contributed by atoms with Gasteiger partial charge >= 0.3 is 30.8 Å². The zero-order valence-electron chi connectivity index (χ0n) is 3.58. The van der Waals surface area contributed by atoms with Crippen LogP contribution in [0.15, 0.2) is 0 Å². The van der Waals surface area contributed by atoms with E-state index in [2.05, 4.69) is 0 Å². The molecule has 0 saturated carbocycles. The third-order valence-electron chi connectivity index (χ3n) is 0. The molecule has 0 unspecified atom stereocenters. The molecule has 0 aromatic rings. The van der Waals surface area contributed by atoms with Crippen LogP contribution in [0.25, 0.3) is 0 Å². The molecule has 0 saturated heterocycles. The molecule has 0 aliphatic rings. The SMILES string of the molecule is [Li].[Li][Li].[Tl]. The minimum absolute atomic E-state index is 0. The monoisotopic (exact) mass is 226 g/mol. The first-order valence-electron chi connectivity index (χ1n) is 1.00. The van der Waals surface area contributed by atoms with Gasteiger partial charge in [-0.05, 0) is 0 Å². The molecule has 0 spiro atoms. The average molecular weight is 225 g/mol. The Morgan fingerprint density at radius 3 is 1.00 bits per heavy atom. The van der Waals surface area contributed by atoms with Crippen LogP contribution in [0.2, 0.25) is 0 Å². The molecule has 0 nitrogen and oxygen atoms in total. The van der Waals surface area contributed by atoms with E-state index in [1.165, 1.54) is 0 Å². The van der Waals surface area contributed by atoms with Crippen molar-refractivity contribution in [1.82, 2.24) is 0 Å². The van der Waals surface area contributed by atoms with Crippen LogP contribution < -0.4 is 0 Å². The van der Waals surface area contributed by atoms with Gasteiger partial charge in [0, 0.05) is 46.2 Å². The summed E-state index contributed by atoms with van der Waals surface area (Å²) >= 11 is 4.00. The van der Waals surface area contributed by atoms with Crippen molar-refractivity contribution < 1.29 is 0 Å². The minimum Gasteiger partial charge on any atom is 0 e. The summed E-state index contributed by atoms with van der Waals surface area (Å²) in [7, 11) is 0. The Hall–Kier alpha value is 2.71. The van der Waals surface area contributed by atoms with Gasteiger partial charge in [-0.1, -0.05) is 0 Å². The fraction of sp³-hybridized carbons (Fsp3) is 0. The Morgan fingerprint density at radius 2 is 1.00 bits per heavy atom. The molecule has 0 aromatic heterocycles. The van der Waals surface area contributed by atoms with Gasteiger partial charge in [-0.3, -0.25) is 0 Å². The summed E-state index contributed by atoms with van der Waals surface area (Å²) in [4.78, 5) is 0. The molecule has 2 radical (unpaired) electrons. The maximum atomic E-state index is 2.00. The van der Waals surface area contributed by atoms with Gasteiger partial charge in [-0.15, -0.1) is 0 Å². The zero-order valence-corrected chi connectivity index (χ0v) is 8.07. The number of hydrogen-bond acceptors (Lipinski definition) is 0. The van der Waals surface area contributed by atoms with Crippen molar-refractivity contribution in [2.75, 3.05) is 0 Å². The molecule has 6 valence electrons. The Bertz CT molecular complexity index is 3.25. The summed E-state index contributed by atoms with van der Waals surface area (Å²) in [5, 5.41) is 0. The average Bonchev–Trinajstić information content (AvgIpc) is 1.00. The molecule has 4 heavy (non-hydrogen) atoms. The number of hydrogen-bond donors (Lipinski definition) is 0. The summed E-state index contributed by atoms with van der Waals surface area (Å²) in [6.07, 6.45) is 0. The van der Waals surface area contributed by atoms with Crippen LogP contribution in [0.5, 0.6) is 0 Å². The molecule has 0 fully saturated rings. The smallest absolute Gasteiger partial charge is 0 e. The fourth-order valence-electron chi connectivity index (χ4n) is 0. The molecular weight excluding hydrogens is 225 g/mol. The summed E-state index contributed by atoms with van der Waals surface area (Å²) < 4.78 is 0. The van der Waals surface area contributed by atoms with Gasteiger partial charge in [0.2, 0.25) is 0 Å². The van der Waals surface area contributed by atoms with E-state index in [4.69, 9.17) is 0 Å². The Labute approximate surface area is 75.6 Å². The number of rotatable bonds is 0. The predicted octanol–water partition coefficient (Wildman–Crippen LogP) is -1.52. The Morgan fingerprint density at radius 1 is 1.00 bits per heavy atom. The van der Waals surface area contributed by atoms with E-state index in [1.807, 2.05) is 30.8 Å². The van der Waals surface area contributed by atoms with Crippen molar-refractivity contribution in [3.63, 3.8) is 0 Å². The van der Waals surface area contributed by atoms with Crippen molar-refractivity contribution >= 4 is 76.9 Å². The summed E-state index contributed by atoms with van der Waals surface area (Å²) in [6, 6.07) is 0. The van der Waals surface area contributed by atoms with Gasteiger partial charge in [-0.25, -0.2) is 0 Å². The predicted molar refractivity (Wildman–Crippen MR) is 23.0 cm³/mol. The second-order valence-electron chi connectivity index (χ2n) is 0. The van der Waals surface area contributed by atoms with Crippen LogP contribution in [0.3, 0.4) is 0 Å². The van der Waals surface area contributed by atoms with Crippen LogP contribution in [0, 0.1) is 0 Å². The summed E-state index contributed by atoms with van der Waals surface area (Å²) in [6.45, 7) is 0. The van der Waals surface area contributed by atoms with Crippen molar-refractivity contribution in [1.29, 1.82) is 0 Å². The second kappa shape index (κ2) is 17.2. The van der Waals surface area contributed by atoms with E-state index in [1.54, 1.807) is 0 Å². The molecule has 4 heteroatoms. The van der Waals surface area contributed by atoms with E-state index < -0.39 is 0 Å². The van der Waals surface area contributed by atoms with E-state index in [9.17, 15) is 0 Å². The first-order valence-corrected chi connectivity index (χ1v) is 1.00. The van der Waals surface area contributed by atoms with Crippen LogP contribution in [-0.2, 0) is 0 Å². The third kappa shape index (κ3) is 8.83. The summed E-state index contributed by atoms with van der Waals surface area (Å²) in [5.41, 5.74) is 0. The molecule has 0 heterocycles. The van der Waals surface area contributed by atoms with Gasteiger partial charge in [0.05, 0.1) is 0 Å². The molecular formula is Li3Tl. The largest absolute Gasteiger partial charge is 0 e. The first kappa shape index (κ1) is 15.9. The molecule has 0 rings (SSSR count). The quantitative estimate of drug-likeness (QED) is 0.439. The fourth-order valence-corrected chi connectivity index (χ4v) is 0. The second-order valence-corrected chi connectivity index (χ2v) is 0. The van der Waals surface area contributed by atoms with E-state index in [-0.39, 0.29) is 46.2 Å². The van der Waals surface area contributed by atoms with E-state index in [0.717, 1.165) is 0 Å². The molecule has 0 amide bonds. The van der Waals surface area contributed by atoms with Crippen molar-refractivity contribution in [2.24, 2.45) is 0 Å². The first-order chi connectivity index (χ1) is 1.00. The van der Waals surface area contributed by atoms with Gasteiger partial charge in [0.1, 0.15) is 0 Å². The van der Waals surface area contributed by atoms with Crippen molar-refractivity contribution in [2.45, 2.75) is 0 Å². The summed E-state index contributed by atoms with van der Waals surface area (Å²) in [5.74, 6) is 0. The molecule has 0 atom stereocenters. The van der Waals surface area contributed by atoms with Gasteiger partial charge < -0.3 is 0 Å². The molecule has 0 bridgehead atoms. The Kier molecular flexibility index (Phi) is 68.5. The Balaban J connectivity index is -0.00000000500. The van der Waals surface area contributed by atoms with Gasteiger partial charge in [-0.2, -0.15) is 0 Å². The van der Waals surface area contributed by atoms with E-state index >= 15 is 0 Å². The maximum Gasteiger partial charge on any atom is 0 e. The van der Waals surface area contributed by atoms with Crippen molar-refractivity contribution in [3.05, 3.63) is 0 Å².